The Morgan fingerprint density at radius 3 is 2.83 bits per heavy atom. The van der Waals surface area contributed by atoms with E-state index in [4.69, 9.17) is 5.73 Å². The van der Waals surface area contributed by atoms with Crippen molar-refractivity contribution in [3.05, 3.63) is 33.6 Å². The number of esters is 1. The molecule has 0 heterocycles. The first kappa shape index (κ1) is 13.4. The summed E-state index contributed by atoms with van der Waals surface area (Å²) in [6, 6.07) is 1.68. The number of benzene rings is 1. The molecular formula is C11H9FN2O4. The van der Waals surface area contributed by atoms with Gasteiger partial charge in [0.05, 0.1) is 28.8 Å². The molecule has 1 aromatic rings. The van der Waals surface area contributed by atoms with Gasteiger partial charge in [-0.3, -0.25) is 10.1 Å². The molecule has 0 aliphatic rings. The molecule has 18 heavy (non-hydrogen) atoms. The van der Waals surface area contributed by atoms with Crippen LogP contribution in [0.1, 0.15) is 12.5 Å². The molecule has 6 nitrogen and oxygen atoms in total. The zero-order chi connectivity index (χ0) is 13.7. The number of hydrogen-bond acceptors (Lipinski definition) is 5. The number of rotatable bonds is 2. The summed E-state index contributed by atoms with van der Waals surface area (Å²) in [4.78, 5) is 20.7. The second kappa shape index (κ2) is 5.63. The molecule has 0 aromatic heterocycles. The molecule has 1 rings (SSSR count). The number of non-ortho nitro benzene ring substituents is 1. The first-order valence-electron chi connectivity index (χ1n) is 4.88. The van der Waals surface area contributed by atoms with Crippen LogP contribution in [0.5, 0.6) is 0 Å². The number of nitro groups is 1. The van der Waals surface area contributed by atoms with Crippen molar-refractivity contribution < 1.29 is 18.8 Å². The fraction of sp³-hybridized carbons (Fsp3) is 0.182. The quantitative estimate of drug-likeness (QED) is 0.281. The zero-order valence-electron chi connectivity index (χ0n) is 9.40. The van der Waals surface area contributed by atoms with E-state index in [0.29, 0.717) is 6.07 Å². The topological polar surface area (TPSA) is 95.5 Å². The number of hydrogen-bond donors (Lipinski definition) is 1. The van der Waals surface area contributed by atoms with E-state index < -0.39 is 22.4 Å². The lowest BCUT2D eigenvalue weighted by molar-refractivity contribution is -0.385. The molecule has 0 aliphatic heterocycles. The third-order valence-corrected chi connectivity index (χ3v) is 1.90. The molecule has 1 aromatic carbocycles. The summed E-state index contributed by atoms with van der Waals surface area (Å²) in [5, 5.41) is 10.5. The lowest BCUT2D eigenvalue weighted by atomic mass is 10.1. The molecular weight excluding hydrogens is 243 g/mol. The van der Waals surface area contributed by atoms with Gasteiger partial charge in [-0.25, -0.2) is 9.18 Å². The number of carbonyl (C=O) groups is 1. The standard InChI is InChI=1S/C11H9FN2O4/c1-2-18-10(15)4-3-7-5-8(14(16)17)6-9(12)11(7)13/h5-6H,2,13H2,1H3. The molecule has 0 aliphatic carbocycles. The Bertz CT molecular complexity index is 560. The van der Waals surface area contributed by atoms with Gasteiger partial charge in [-0.2, -0.15) is 0 Å². The van der Waals surface area contributed by atoms with Crippen LogP contribution < -0.4 is 5.73 Å². The van der Waals surface area contributed by atoms with Gasteiger partial charge in [0, 0.05) is 12.0 Å². The minimum Gasteiger partial charge on any atom is -0.456 e. The van der Waals surface area contributed by atoms with Gasteiger partial charge < -0.3 is 10.5 Å². The Morgan fingerprint density at radius 1 is 1.61 bits per heavy atom. The molecule has 0 radical (unpaired) electrons. The predicted octanol–water partition coefficient (Wildman–Crippen LogP) is 1.23. The largest absolute Gasteiger partial charge is 0.456 e. The summed E-state index contributed by atoms with van der Waals surface area (Å²) in [6.45, 7) is 1.74. The summed E-state index contributed by atoms with van der Waals surface area (Å²) in [5.74, 6) is 2.52. The van der Waals surface area contributed by atoms with Gasteiger partial charge in [0.1, 0.15) is 0 Å². The highest BCUT2D eigenvalue weighted by Gasteiger charge is 2.13. The number of anilines is 1. The molecule has 0 unspecified atom stereocenters. The monoisotopic (exact) mass is 252 g/mol. The average Bonchev–Trinajstić information content (AvgIpc) is 2.31. The van der Waals surface area contributed by atoms with Crippen molar-refractivity contribution in [3.8, 4) is 11.8 Å². The minimum absolute atomic E-state index is 0.130. The van der Waals surface area contributed by atoms with Crippen LogP contribution >= 0.6 is 0 Å². The van der Waals surface area contributed by atoms with Crippen LogP contribution in [-0.4, -0.2) is 17.5 Å². The fourth-order valence-corrected chi connectivity index (χ4v) is 1.10. The zero-order valence-corrected chi connectivity index (χ0v) is 9.40. The van der Waals surface area contributed by atoms with Gasteiger partial charge in [0.15, 0.2) is 5.82 Å². The van der Waals surface area contributed by atoms with Crippen LogP contribution in [0.4, 0.5) is 15.8 Å². The van der Waals surface area contributed by atoms with Gasteiger partial charge in [-0.05, 0) is 6.92 Å². The van der Waals surface area contributed by atoms with E-state index in [1.165, 1.54) is 0 Å². The van der Waals surface area contributed by atoms with Crippen molar-refractivity contribution in [1.82, 2.24) is 0 Å². The molecule has 0 atom stereocenters. The summed E-state index contributed by atoms with van der Waals surface area (Å²) in [7, 11) is 0. The molecule has 94 valence electrons. The summed E-state index contributed by atoms with van der Waals surface area (Å²) in [6.07, 6.45) is 0. The van der Waals surface area contributed by atoms with Crippen molar-refractivity contribution >= 4 is 17.3 Å². The molecule has 2 N–H and O–H groups in total. The normalized spacial score (nSPS) is 9.22. The van der Waals surface area contributed by atoms with Crippen LogP contribution in [0.15, 0.2) is 12.1 Å². The molecule has 0 bridgehead atoms. The highest BCUT2D eigenvalue weighted by Crippen LogP contribution is 2.22. The van der Waals surface area contributed by atoms with E-state index in [9.17, 15) is 19.3 Å². The van der Waals surface area contributed by atoms with E-state index in [2.05, 4.69) is 16.6 Å². The maximum Gasteiger partial charge on any atom is 0.384 e. The molecule has 0 fully saturated rings. The van der Waals surface area contributed by atoms with Crippen molar-refractivity contribution in [2.45, 2.75) is 6.92 Å². The third-order valence-electron chi connectivity index (χ3n) is 1.90. The highest BCUT2D eigenvalue weighted by molar-refractivity contribution is 5.89. The number of carbonyl (C=O) groups excluding carboxylic acids is 1. The molecule has 0 amide bonds. The summed E-state index contributed by atoms with van der Waals surface area (Å²) in [5.41, 5.74) is 4.39. The second-order valence-electron chi connectivity index (χ2n) is 3.12. The van der Waals surface area contributed by atoms with E-state index in [1.54, 1.807) is 6.92 Å². The maximum atomic E-state index is 13.3. The van der Waals surface area contributed by atoms with Crippen LogP contribution in [0, 0.1) is 27.8 Å². The Balaban J connectivity index is 3.16. The molecule has 0 spiro atoms. The second-order valence-corrected chi connectivity index (χ2v) is 3.12. The van der Waals surface area contributed by atoms with E-state index >= 15 is 0 Å². The van der Waals surface area contributed by atoms with Crippen molar-refractivity contribution in [3.63, 3.8) is 0 Å². The lowest BCUT2D eigenvalue weighted by Crippen LogP contribution is -2.01. The number of halogens is 1. The lowest BCUT2D eigenvalue weighted by Gasteiger charge is -2.00. The van der Waals surface area contributed by atoms with Gasteiger partial charge >= 0.3 is 5.97 Å². The van der Waals surface area contributed by atoms with Crippen molar-refractivity contribution in [2.24, 2.45) is 0 Å². The SMILES string of the molecule is CCOC(=O)C#Cc1cc([N+](=O)[O-])cc(F)c1N. The number of nitrogen functional groups attached to an aromatic ring is 1. The van der Waals surface area contributed by atoms with Crippen LogP contribution in [0.25, 0.3) is 0 Å². The maximum absolute atomic E-state index is 13.3. The van der Waals surface area contributed by atoms with Gasteiger partial charge in [-0.1, -0.05) is 5.92 Å². The number of nitrogens with two attached hydrogens (primary N) is 1. The van der Waals surface area contributed by atoms with Gasteiger partial charge in [0.25, 0.3) is 5.69 Å². The number of nitro benzene ring substituents is 1. The predicted molar refractivity (Wildman–Crippen MR) is 61.0 cm³/mol. The smallest absolute Gasteiger partial charge is 0.384 e. The Kier molecular flexibility index (Phi) is 4.21. The van der Waals surface area contributed by atoms with E-state index in [0.717, 1.165) is 6.07 Å². The molecule has 7 heteroatoms. The summed E-state index contributed by atoms with van der Waals surface area (Å²) < 4.78 is 17.8. The molecule has 0 saturated heterocycles. The van der Waals surface area contributed by atoms with Crippen LogP contribution in [0.2, 0.25) is 0 Å². The van der Waals surface area contributed by atoms with E-state index in [1.807, 2.05) is 0 Å². The van der Waals surface area contributed by atoms with E-state index in [-0.39, 0.29) is 17.9 Å². The molecule has 0 saturated carbocycles. The van der Waals surface area contributed by atoms with Crippen LogP contribution in [0.3, 0.4) is 0 Å². The van der Waals surface area contributed by atoms with Gasteiger partial charge in [0.2, 0.25) is 0 Å². The number of nitrogens with zero attached hydrogens (tertiary/aromatic N) is 1. The fourth-order valence-electron chi connectivity index (χ4n) is 1.10. The minimum atomic E-state index is -0.961. The first-order chi connectivity index (χ1) is 8.45. The Morgan fingerprint density at radius 2 is 2.28 bits per heavy atom. The number of ether oxygens (including phenoxy) is 1. The van der Waals surface area contributed by atoms with Gasteiger partial charge in [-0.15, -0.1) is 0 Å². The average molecular weight is 252 g/mol. The van der Waals surface area contributed by atoms with Crippen molar-refractivity contribution in [1.29, 1.82) is 0 Å². The third kappa shape index (κ3) is 3.18. The Labute approximate surface area is 102 Å². The first-order valence-corrected chi connectivity index (χ1v) is 4.88. The highest BCUT2D eigenvalue weighted by atomic mass is 19.1. The van der Waals surface area contributed by atoms with Crippen LogP contribution in [-0.2, 0) is 9.53 Å². The van der Waals surface area contributed by atoms with Crippen molar-refractivity contribution in [2.75, 3.05) is 12.3 Å². The Hall–Kier alpha value is -2.62. The summed E-state index contributed by atoms with van der Waals surface area (Å²) >= 11 is 0.